The lowest BCUT2D eigenvalue weighted by atomic mass is 10.1. The minimum atomic E-state index is 0.242. The number of nitrogens with one attached hydrogen (secondary N) is 1. The third-order valence-electron chi connectivity index (χ3n) is 5.66. The van der Waals surface area contributed by atoms with Crippen LogP contribution in [0.2, 0.25) is 5.02 Å². The molecule has 34 heavy (non-hydrogen) atoms. The van der Waals surface area contributed by atoms with Gasteiger partial charge in [0.05, 0.1) is 5.02 Å². The van der Waals surface area contributed by atoms with Gasteiger partial charge >= 0.3 is 0 Å². The highest BCUT2D eigenvalue weighted by Gasteiger charge is 2.13. The summed E-state index contributed by atoms with van der Waals surface area (Å²) in [6, 6.07) is 13.0. The predicted molar refractivity (Wildman–Crippen MR) is 154 cm³/mol. The molecule has 0 saturated carbocycles. The number of benzene rings is 2. The van der Waals surface area contributed by atoms with Crippen molar-refractivity contribution in [3.63, 3.8) is 0 Å². The number of allylic oxidation sites excluding steroid dienone is 2. The Balaban J connectivity index is 1.58. The van der Waals surface area contributed by atoms with Crippen molar-refractivity contribution in [2.45, 2.75) is 66.9 Å². The van der Waals surface area contributed by atoms with Crippen molar-refractivity contribution >= 4 is 53.0 Å². The van der Waals surface area contributed by atoms with E-state index in [0.717, 1.165) is 21.5 Å². The molecule has 0 bridgehead atoms. The van der Waals surface area contributed by atoms with Crippen LogP contribution in [0.1, 0.15) is 44.2 Å². The fraction of sp³-hybridized carbons (Fsp3) is 0.370. The minimum absolute atomic E-state index is 0.242. The van der Waals surface area contributed by atoms with Gasteiger partial charge in [-0.3, -0.25) is 0 Å². The van der Waals surface area contributed by atoms with Crippen LogP contribution in [0.25, 0.3) is 0 Å². The van der Waals surface area contributed by atoms with Gasteiger partial charge in [-0.15, -0.1) is 11.8 Å². The number of aliphatic imine (C=N–C) groups is 1. The molecule has 1 unspecified atom stereocenters. The van der Waals surface area contributed by atoms with E-state index in [0.29, 0.717) is 0 Å². The van der Waals surface area contributed by atoms with Gasteiger partial charge in [-0.05, 0) is 118 Å². The zero-order chi connectivity index (χ0) is 24.5. The monoisotopic (exact) mass is 531 g/mol. The lowest BCUT2D eigenvalue weighted by Gasteiger charge is -2.25. The van der Waals surface area contributed by atoms with E-state index in [2.05, 4.69) is 73.6 Å². The van der Waals surface area contributed by atoms with Gasteiger partial charge in [0.2, 0.25) is 0 Å². The third kappa shape index (κ3) is 8.42. The van der Waals surface area contributed by atoms with E-state index in [1.165, 1.54) is 65.2 Å². The number of nitrogens with zero attached hydrogens (tertiary/aromatic N) is 2. The number of piperidine rings is 1. The summed E-state index contributed by atoms with van der Waals surface area (Å²) in [7, 11) is 0. The Hall–Kier alpha value is -1.31. The van der Waals surface area contributed by atoms with Gasteiger partial charge in [-0.1, -0.05) is 30.7 Å². The van der Waals surface area contributed by atoms with Gasteiger partial charge in [0, 0.05) is 38.7 Å². The van der Waals surface area contributed by atoms with Crippen molar-refractivity contribution in [3.8, 4) is 0 Å². The fourth-order valence-corrected chi connectivity index (χ4v) is 6.38. The highest BCUT2D eigenvalue weighted by atomic mass is 35.5. The van der Waals surface area contributed by atoms with Gasteiger partial charge < -0.3 is 4.72 Å². The van der Waals surface area contributed by atoms with Gasteiger partial charge in [0.15, 0.2) is 0 Å². The summed E-state index contributed by atoms with van der Waals surface area (Å²) in [5.74, 6) is 0.757. The smallest absolute Gasteiger partial charge is 0.135 e. The topological polar surface area (TPSA) is 27.6 Å². The second kappa shape index (κ2) is 13.7. The van der Waals surface area contributed by atoms with Gasteiger partial charge in [-0.2, -0.15) is 0 Å². The quantitative estimate of drug-likeness (QED) is 0.143. The molecule has 2 aromatic carbocycles. The van der Waals surface area contributed by atoms with Crippen molar-refractivity contribution in [2.24, 2.45) is 4.99 Å². The standard InChI is InChI=1S/C27H34ClN3S3/c1-6-10-27(30-33-26-18-20(3)19(2)17-25(26)28)29-21(4)22(5)32-23-11-13-24(14-12-23)34-31-15-8-7-9-16-31/h6,10-14,17-18,22,30H,1,7-9,15-16H2,2-5H3/b27-10+,29-21-. The molecule has 1 heterocycles. The molecule has 1 aliphatic rings. The van der Waals surface area contributed by atoms with E-state index in [9.17, 15) is 0 Å². The molecule has 1 N–H and O–H groups in total. The first kappa shape index (κ1) is 27.3. The Kier molecular flexibility index (Phi) is 11.0. The molecule has 3 rings (SSSR count). The highest BCUT2D eigenvalue weighted by molar-refractivity contribution is 8.00. The van der Waals surface area contributed by atoms with E-state index in [4.69, 9.17) is 16.6 Å². The van der Waals surface area contributed by atoms with Crippen molar-refractivity contribution in [2.75, 3.05) is 13.1 Å². The summed E-state index contributed by atoms with van der Waals surface area (Å²) in [5.41, 5.74) is 3.45. The third-order valence-corrected chi connectivity index (χ3v) is 9.30. The molecular formula is C27H34ClN3S3. The first-order valence-electron chi connectivity index (χ1n) is 11.6. The van der Waals surface area contributed by atoms with Crippen molar-refractivity contribution in [1.82, 2.24) is 9.03 Å². The molecule has 0 aromatic heterocycles. The maximum atomic E-state index is 6.43. The predicted octanol–water partition coefficient (Wildman–Crippen LogP) is 8.72. The molecule has 0 spiro atoms. The maximum Gasteiger partial charge on any atom is 0.135 e. The zero-order valence-electron chi connectivity index (χ0n) is 20.4. The number of hydrogen-bond donors (Lipinski definition) is 1. The summed E-state index contributed by atoms with van der Waals surface area (Å²) in [6.07, 6.45) is 7.62. The minimum Gasteiger partial charge on any atom is -0.310 e. The maximum absolute atomic E-state index is 6.43. The Morgan fingerprint density at radius 1 is 1.09 bits per heavy atom. The molecule has 7 heteroatoms. The Labute approximate surface area is 223 Å². The average molecular weight is 532 g/mol. The molecule has 1 aliphatic heterocycles. The van der Waals surface area contributed by atoms with Crippen molar-refractivity contribution in [1.29, 1.82) is 0 Å². The zero-order valence-corrected chi connectivity index (χ0v) is 23.6. The van der Waals surface area contributed by atoms with Crippen molar-refractivity contribution < 1.29 is 0 Å². The lowest BCUT2D eigenvalue weighted by molar-refractivity contribution is 0.380. The van der Waals surface area contributed by atoms with Gasteiger partial charge in [0.25, 0.3) is 0 Å². The molecule has 0 amide bonds. The Morgan fingerprint density at radius 3 is 2.41 bits per heavy atom. The molecule has 0 radical (unpaired) electrons. The number of hydrogen-bond acceptors (Lipinski definition) is 6. The van der Waals surface area contributed by atoms with E-state index in [1.54, 1.807) is 6.08 Å². The van der Waals surface area contributed by atoms with E-state index < -0.39 is 0 Å². The molecule has 1 atom stereocenters. The summed E-state index contributed by atoms with van der Waals surface area (Å²) < 4.78 is 5.82. The van der Waals surface area contributed by atoms with Crippen LogP contribution in [0.4, 0.5) is 0 Å². The Bertz CT molecular complexity index is 1030. The van der Waals surface area contributed by atoms with Crippen LogP contribution in [0.5, 0.6) is 0 Å². The average Bonchev–Trinajstić information content (AvgIpc) is 2.82. The fourth-order valence-electron chi connectivity index (χ4n) is 3.40. The number of aryl methyl sites for hydroxylation is 2. The first-order valence-corrected chi connectivity index (χ1v) is 14.5. The molecule has 1 fully saturated rings. The summed E-state index contributed by atoms with van der Waals surface area (Å²) in [6.45, 7) is 14.6. The van der Waals surface area contributed by atoms with Crippen LogP contribution < -0.4 is 4.72 Å². The molecule has 2 aromatic rings. The number of rotatable bonds is 10. The van der Waals surface area contributed by atoms with Crippen LogP contribution in [-0.2, 0) is 0 Å². The largest absolute Gasteiger partial charge is 0.310 e. The molecule has 0 aliphatic carbocycles. The van der Waals surface area contributed by atoms with Crippen molar-refractivity contribution in [3.05, 3.63) is 77.1 Å². The normalized spacial score (nSPS) is 16.4. The lowest BCUT2D eigenvalue weighted by Crippen LogP contribution is -2.22. The van der Waals surface area contributed by atoms with E-state index in [-0.39, 0.29) is 5.25 Å². The summed E-state index contributed by atoms with van der Waals surface area (Å²) >= 11 is 11.6. The van der Waals surface area contributed by atoms with Gasteiger partial charge in [0.1, 0.15) is 5.82 Å². The van der Waals surface area contributed by atoms with E-state index >= 15 is 0 Å². The van der Waals surface area contributed by atoms with Gasteiger partial charge in [-0.25, -0.2) is 9.30 Å². The van der Waals surface area contributed by atoms with Crippen LogP contribution >= 0.6 is 47.3 Å². The second-order valence-electron chi connectivity index (χ2n) is 8.42. The number of halogens is 1. The SMILES string of the molecule is C=C/C=C(\N=C(\C)C(C)Sc1ccc(SN2CCCCC2)cc1)NSc1cc(C)c(C)cc1Cl. The number of thioether (sulfide) groups is 1. The highest BCUT2D eigenvalue weighted by Crippen LogP contribution is 2.31. The van der Waals surface area contributed by atoms with Crippen LogP contribution in [-0.4, -0.2) is 28.4 Å². The molecule has 1 saturated heterocycles. The second-order valence-corrected chi connectivity index (χ2v) is 12.3. The molecular weight excluding hydrogens is 498 g/mol. The molecule has 182 valence electrons. The van der Waals surface area contributed by atoms with E-state index in [1.807, 2.05) is 35.9 Å². The van der Waals surface area contributed by atoms with Crippen LogP contribution in [0, 0.1) is 13.8 Å². The first-order chi connectivity index (χ1) is 16.4. The van der Waals surface area contributed by atoms with Crippen LogP contribution in [0.3, 0.4) is 0 Å². The van der Waals surface area contributed by atoms with Crippen LogP contribution in [0.15, 0.2) is 80.6 Å². The Morgan fingerprint density at radius 2 is 1.74 bits per heavy atom. The summed E-state index contributed by atoms with van der Waals surface area (Å²) in [5, 5.41) is 0.982. The molecule has 3 nitrogen and oxygen atoms in total. The summed E-state index contributed by atoms with van der Waals surface area (Å²) in [4.78, 5) is 8.39.